The highest BCUT2D eigenvalue weighted by Gasteiger charge is 2.24. The number of hydrogen-bond donors (Lipinski definition) is 1. The maximum absolute atomic E-state index is 12.3. The van der Waals surface area contributed by atoms with Gasteiger partial charge in [-0.2, -0.15) is 5.10 Å². The average Bonchev–Trinajstić information content (AvgIpc) is 2.53. The highest BCUT2D eigenvalue weighted by Crippen LogP contribution is 2.27. The molecule has 0 aromatic carbocycles. The quantitative estimate of drug-likeness (QED) is 0.615. The lowest BCUT2D eigenvalue weighted by atomic mass is 9.92. The largest absolute Gasteiger partial charge is 0.383 e. The molecule has 1 aromatic heterocycles. The number of hydrogen-bond acceptors (Lipinski definition) is 3. The molecule has 1 aromatic rings. The Labute approximate surface area is 95.8 Å². The van der Waals surface area contributed by atoms with Crippen LogP contribution < -0.4 is 5.73 Å². The summed E-state index contributed by atoms with van der Waals surface area (Å²) in [4.78, 5) is 12.3. The van der Waals surface area contributed by atoms with Gasteiger partial charge in [0.1, 0.15) is 5.82 Å². The molecule has 1 fully saturated rings. The van der Waals surface area contributed by atoms with Crippen LogP contribution in [0.3, 0.4) is 0 Å². The summed E-state index contributed by atoms with van der Waals surface area (Å²) < 4.78 is 1.56. The zero-order chi connectivity index (χ0) is 11.5. The first-order valence-corrected chi connectivity index (χ1v) is 6.02. The van der Waals surface area contributed by atoms with Crippen molar-refractivity contribution in [1.29, 1.82) is 0 Å². The van der Waals surface area contributed by atoms with Gasteiger partial charge in [-0.25, -0.2) is 0 Å². The summed E-state index contributed by atoms with van der Waals surface area (Å²) in [5.74, 6) is 0.843. The molecular formula is C12H19N3O. The number of carbonyl (C=O) groups is 1. The average molecular weight is 221 g/mol. The molecular weight excluding hydrogens is 202 g/mol. The van der Waals surface area contributed by atoms with Crippen LogP contribution in [0, 0.1) is 5.92 Å². The molecule has 1 heterocycles. The third-order valence-electron chi connectivity index (χ3n) is 3.48. The Morgan fingerprint density at radius 2 is 2.00 bits per heavy atom. The number of aromatic nitrogens is 2. The van der Waals surface area contributed by atoms with Crippen molar-refractivity contribution in [2.24, 2.45) is 13.0 Å². The van der Waals surface area contributed by atoms with E-state index in [-0.39, 0.29) is 11.7 Å². The van der Waals surface area contributed by atoms with Gasteiger partial charge in [-0.3, -0.25) is 9.48 Å². The number of Topliss-reactive ketones (excluding diaryl/α,β-unsaturated/α-hetero) is 1. The van der Waals surface area contributed by atoms with Gasteiger partial charge in [0.2, 0.25) is 0 Å². The van der Waals surface area contributed by atoms with E-state index in [0.717, 1.165) is 25.7 Å². The van der Waals surface area contributed by atoms with Crippen LogP contribution in [0.1, 0.15) is 48.9 Å². The normalized spacial score (nSPS) is 18.3. The third kappa shape index (κ3) is 2.10. The number of rotatable bonds is 2. The molecule has 0 aliphatic heterocycles. The lowest BCUT2D eigenvalue weighted by Gasteiger charge is -2.11. The number of ketones is 1. The van der Waals surface area contributed by atoms with Gasteiger partial charge in [0, 0.05) is 13.0 Å². The first-order chi connectivity index (χ1) is 7.70. The fourth-order valence-corrected chi connectivity index (χ4v) is 2.40. The predicted octanol–water partition coefficient (Wildman–Crippen LogP) is 2.16. The Hall–Kier alpha value is -1.32. The van der Waals surface area contributed by atoms with Crippen molar-refractivity contribution in [3.63, 3.8) is 0 Å². The standard InChI is InChI=1S/C12H19N3O/c1-15-12(13)10(8-14-15)11(16)9-6-4-2-3-5-7-9/h8-9H,2-7,13H2,1H3. The Bertz CT molecular complexity index is 376. The van der Waals surface area contributed by atoms with Crippen LogP contribution in [0.5, 0.6) is 0 Å². The minimum atomic E-state index is 0.161. The number of anilines is 1. The van der Waals surface area contributed by atoms with Crippen LogP contribution in [0.25, 0.3) is 0 Å². The van der Waals surface area contributed by atoms with Gasteiger partial charge >= 0.3 is 0 Å². The van der Waals surface area contributed by atoms with Crippen molar-refractivity contribution in [3.05, 3.63) is 11.8 Å². The zero-order valence-electron chi connectivity index (χ0n) is 9.78. The molecule has 0 atom stereocenters. The zero-order valence-corrected chi connectivity index (χ0v) is 9.78. The number of nitrogens with zero attached hydrogens (tertiary/aromatic N) is 2. The van der Waals surface area contributed by atoms with E-state index in [1.807, 2.05) is 0 Å². The van der Waals surface area contributed by atoms with Crippen LogP contribution in [0.2, 0.25) is 0 Å². The van der Waals surface area contributed by atoms with E-state index in [4.69, 9.17) is 5.73 Å². The number of aryl methyl sites for hydroxylation is 1. The molecule has 1 aliphatic rings. The summed E-state index contributed by atoms with van der Waals surface area (Å²) in [6, 6.07) is 0. The first kappa shape index (κ1) is 11.2. The van der Waals surface area contributed by atoms with Gasteiger partial charge in [-0.1, -0.05) is 25.7 Å². The van der Waals surface area contributed by atoms with E-state index in [2.05, 4.69) is 5.10 Å². The second kappa shape index (κ2) is 4.68. The van der Waals surface area contributed by atoms with Crippen molar-refractivity contribution in [2.45, 2.75) is 38.5 Å². The lowest BCUT2D eigenvalue weighted by molar-refractivity contribution is 0.0909. The van der Waals surface area contributed by atoms with Crippen molar-refractivity contribution in [3.8, 4) is 0 Å². The van der Waals surface area contributed by atoms with E-state index in [9.17, 15) is 4.79 Å². The predicted molar refractivity (Wildman–Crippen MR) is 63.1 cm³/mol. The Balaban J connectivity index is 2.14. The molecule has 0 saturated heterocycles. The molecule has 4 nitrogen and oxygen atoms in total. The maximum atomic E-state index is 12.3. The van der Waals surface area contributed by atoms with E-state index >= 15 is 0 Å². The second-order valence-electron chi connectivity index (χ2n) is 4.62. The first-order valence-electron chi connectivity index (χ1n) is 6.02. The van der Waals surface area contributed by atoms with Gasteiger partial charge in [0.15, 0.2) is 5.78 Å². The second-order valence-corrected chi connectivity index (χ2v) is 4.62. The van der Waals surface area contributed by atoms with Crippen LogP contribution >= 0.6 is 0 Å². The molecule has 0 radical (unpaired) electrons. The lowest BCUT2D eigenvalue weighted by Crippen LogP contribution is -2.15. The maximum Gasteiger partial charge on any atom is 0.171 e. The molecule has 0 bridgehead atoms. The topological polar surface area (TPSA) is 60.9 Å². The van der Waals surface area contributed by atoms with Gasteiger partial charge in [-0.15, -0.1) is 0 Å². The number of nitrogen functional groups attached to an aromatic ring is 1. The third-order valence-corrected chi connectivity index (χ3v) is 3.48. The molecule has 0 unspecified atom stereocenters. The molecule has 1 saturated carbocycles. The van der Waals surface area contributed by atoms with Gasteiger partial charge in [-0.05, 0) is 12.8 Å². The van der Waals surface area contributed by atoms with E-state index < -0.39 is 0 Å². The summed E-state index contributed by atoms with van der Waals surface area (Å²) in [6.07, 6.45) is 8.45. The summed E-state index contributed by atoms with van der Waals surface area (Å²) in [5.41, 5.74) is 6.43. The van der Waals surface area contributed by atoms with Gasteiger partial charge in [0.25, 0.3) is 0 Å². The molecule has 0 amide bonds. The minimum absolute atomic E-state index is 0.161. The minimum Gasteiger partial charge on any atom is -0.383 e. The van der Waals surface area contributed by atoms with Crippen molar-refractivity contribution in [2.75, 3.05) is 5.73 Å². The van der Waals surface area contributed by atoms with Crippen LogP contribution in [-0.4, -0.2) is 15.6 Å². The molecule has 2 rings (SSSR count). The van der Waals surface area contributed by atoms with E-state index in [1.54, 1.807) is 17.9 Å². The van der Waals surface area contributed by atoms with Gasteiger partial charge < -0.3 is 5.73 Å². The monoisotopic (exact) mass is 221 g/mol. The van der Waals surface area contributed by atoms with Crippen LogP contribution in [-0.2, 0) is 7.05 Å². The van der Waals surface area contributed by atoms with Crippen molar-refractivity contribution >= 4 is 11.6 Å². The van der Waals surface area contributed by atoms with Gasteiger partial charge in [0.05, 0.1) is 11.8 Å². The van der Waals surface area contributed by atoms with E-state index in [0.29, 0.717) is 11.4 Å². The molecule has 4 heteroatoms. The summed E-state index contributed by atoms with van der Waals surface area (Å²) in [7, 11) is 1.76. The Morgan fingerprint density at radius 3 is 2.50 bits per heavy atom. The van der Waals surface area contributed by atoms with E-state index in [1.165, 1.54) is 12.8 Å². The number of carbonyl (C=O) groups excluding carboxylic acids is 1. The van der Waals surface area contributed by atoms with Crippen LogP contribution in [0.15, 0.2) is 6.20 Å². The highest BCUT2D eigenvalue weighted by atomic mass is 16.1. The van der Waals surface area contributed by atoms with Crippen LogP contribution in [0.4, 0.5) is 5.82 Å². The summed E-state index contributed by atoms with van der Waals surface area (Å²) in [5, 5.41) is 4.03. The fraction of sp³-hybridized carbons (Fsp3) is 0.667. The summed E-state index contributed by atoms with van der Waals surface area (Å²) in [6.45, 7) is 0. The molecule has 2 N–H and O–H groups in total. The molecule has 1 aliphatic carbocycles. The molecule has 16 heavy (non-hydrogen) atoms. The smallest absolute Gasteiger partial charge is 0.171 e. The highest BCUT2D eigenvalue weighted by molar-refractivity contribution is 6.01. The van der Waals surface area contributed by atoms with Crippen molar-refractivity contribution in [1.82, 2.24) is 9.78 Å². The SMILES string of the molecule is Cn1ncc(C(=O)C2CCCCCC2)c1N. The Morgan fingerprint density at radius 1 is 1.38 bits per heavy atom. The molecule has 0 spiro atoms. The summed E-state index contributed by atoms with van der Waals surface area (Å²) >= 11 is 0. The Kier molecular flexibility index (Phi) is 3.27. The molecule has 88 valence electrons. The van der Waals surface area contributed by atoms with Crippen molar-refractivity contribution < 1.29 is 4.79 Å². The number of nitrogens with two attached hydrogens (primary N) is 1. The fourth-order valence-electron chi connectivity index (χ4n) is 2.40.